The minimum absolute atomic E-state index is 0.0538. The van der Waals surface area contributed by atoms with E-state index in [2.05, 4.69) is 34.9 Å². The standard InChI is InChI=1S/C23H31N5O/c1-16-12-24-21-19(13-25-28(21)14-16)22(29)27-8-4-7-26(9-10-27)15-17-5-6-18-11-20(17)23(18,2)3/h5,12-14,18,20H,4,6-11,15H2,1-3H3/t18-,20-/m0/s1. The first kappa shape index (κ1) is 18.8. The summed E-state index contributed by atoms with van der Waals surface area (Å²) in [5.41, 5.74) is 4.40. The van der Waals surface area contributed by atoms with Crippen LogP contribution in [0.5, 0.6) is 0 Å². The molecule has 6 heteroatoms. The number of carbonyl (C=O) groups excluding carboxylic acids is 1. The summed E-state index contributed by atoms with van der Waals surface area (Å²) in [5, 5.41) is 4.33. The third-order valence-electron chi connectivity index (χ3n) is 7.58. The molecule has 0 unspecified atom stereocenters. The molecule has 6 rings (SSSR count). The number of allylic oxidation sites excluding steroid dienone is 1. The van der Waals surface area contributed by atoms with E-state index in [0.717, 1.165) is 56.5 Å². The smallest absolute Gasteiger partial charge is 0.259 e. The molecule has 1 aliphatic heterocycles. The molecule has 0 spiro atoms. The lowest BCUT2D eigenvalue weighted by Crippen LogP contribution is -2.50. The summed E-state index contributed by atoms with van der Waals surface area (Å²) in [4.78, 5) is 22.1. The Morgan fingerprint density at radius 1 is 1.21 bits per heavy atom. The molecule has 2 aromatic heterocycles. The highest BCUT2D eigenvalue weighted by molar-refractivity contribution is 5.99. The topological polar surface area (TPSA) is 53.7 Å². The highest BCUT2D eigenvalue weighted by Gasteiger charge is 2.51. The van der Waals surface area contributed by atoms with E-state index >= 15 is 0 Å². The van der Waals surface area contributed by atoms with Crippen LogP contribution < -0.4 is 0 Å². The number of fused-ring (bicyclic) bond motifs is 2. The van der Waals surface area contributed by atoms with Gasteiger partial charge in [-0.15, -0.1) is 0 Å². The first-order valence-corrected chi connectivity index (χ1v) is 10.9. The van der Waals surface area contributed by atoms with E-state index in [-0.39, 0.29) is 5.91 Å². The number of rotatable bonds is 3. The molecule has 3 heterocycles. The lowest BCUT2D eigenvalue weighted by atomic mass is 9.49. The zero-order valence-electron chi connectivity index (χ0n) is 17.8. The molecular weight excluding hydrogens is 362 g/mol. The molecule has 1 amide bonds. The largest absolute Gasteiger partial charge is 0.337 e. The fourth-order valence-electron chi connectivity index (χ4n) is 5.54. The first-order valence-electron chi connectivity index (χ1n) is 10.9. The van der Waals surface area contributed by atoms with Gasteiger partial charge in [-0.05, 0) is 49.0 Å². The van der Waals surface area contributed by atoms with Crippen LogP contribution in [0.2, 0.25) is 0 Å². The van der Waals surface area contributed by atoms with Crippen LogP contribution in [0.15, 0.2) is 30.2 Å². The number of nitrogens with zero attached hydrogens (tertiary/aromatic N) is 5. The summed E-state index contributed by atoms with van der Waals surface area (Å²) >= 11 is 0. The summed E-state index contributed by atoms with van der Waals surface area (Å²) in [6, 6.07) is 0. The Morgan fingerprint density at radius 3 is 2.86 bits per heavy atom. The summed E-state index contributed by atoms with van der Waals surface area (Å²) in [5.74, 6) is 1.70. The number of aromatic nitrogens is 3. The summed E-state index contributed by atoms with van der Waals surface area (Å²) in [6.07, 6.45) is 11.5. The van der Waals surface area contributed by atoms with E-state index in [4.69, 9.17) is 0 Å². The Bertz CT molecular complexity index is 975. The molecular formula is C23H31N5O. The minimum Gasteiger partial charge on any atom is -0.337 e. The summed E-state index contributed by atoms with van der Waals surface area (Å²) < 4.78 is 1.70. The third kappa shape index (κ3) is 3.18. The van der Waals surface area contributed by atoms with Gasteiger partial charge >= 0.3 is 0 Å². The quantitative estimate of drug-likeness (QED) is 0.752. The average molecular weight is 394 g/mol. The monoisotopic (exact) mass is 393 g/mol. The Balaban J connectivity index is 1.25. The molecule has 0 radical (unpaired) electrons. The van der Waals surface area contributed by atoms with Gasteiger partial charge < -0.3 is 4.90 Å². The predicted octanol–water partition coefficient (Wildman–Crippen LogP) is 3.18. The van der Waals surface area contributed by atoms with Crippen molar-refractivity contribution >= 4 is 11.6 Å². The second-order valence-corrected chi connectivity index (χ2v) is 9.70. The van der Waals surface area contributed by atoms with Crippen LogP contribution in [0.3, 0.4) is 0 Å². The van der Waals surface area contributed by atoms with Crippen LogP contribution in [0.25, 0.3) is 5.65 Å². The second kappa shape index (κ2) is 6.94. The van der Waals surface area contributed by atoms with Crippen molar-refractivity contribution in [2.75, 3.05) is 32.7 Å². The van der Waals surface area contributed by atoms with E-state index < -0.39 is 0 Å². The highest BCUT2D eigenvalue weighted by Crippen LogP contribution is 2.59. The average Bonchev–Trinajstić information content (AvgIpc) is 2.98. The van der Waals surface area contributed by atoms with E-state index in [9.17, 15) is 4.79 Å². The van der Waals surface area contributed by atoms with Crippen molar-refractivity contribution in [2.24, 2.45) is 17.3 Å². The van der Waals surface area contributed by atoms with E-state index in [1.165, 1.54) is 12.8 Å². The maximum absolute atomic E-state index is 13.2. The van der Waals surface area contributed by atoms with Crippen molar-refractivity contribution in [3.8, 4) is 0 Å². The van der Waals surface area contributed by atoms with Gasteiger partial charge in [0.1, 0.15) is 5.56 Å². The molecule has 1 saturated carbocycles. The molecule has 0 aromatic carbocycles. The Hall–Kier alpha value is -2.21. The van der Waals surface area contributed by atoms with Gasteiger partial charge in [0.25, 0.3) is 5.91 Å². The van der Waals surface area contributed by atoms with Crippen LogP contribution >= 0.6 is 0 Å². The van der Waals surface area contributed by atoms with Gasteiger partial charge in [-0.2, -0.15) is 5.10 Å². The molecule has 1 saturated heterocycles. The van der Waals surface area contributed by atoms with Crippen LogP contribution in [0.4, 0.5) is 0 Å². The molecule has 3 aliphatic carbocycles. The number of hydrogen-bond acceptors (Lipinski definition) is 4. The maximum atomic E-state index is 13.2. The van der Waals surface area contributed by atoms with Gasteiger partial charge in [-0.3, -0.25) is 9.69 Å². The number of carbonyl (C=O) groups is 1. The highest BCUT2D eigenvalue weighted by atomic mass is 16.2. The van der Waals surface area contributed by atoms with Gasteiger partial charge in [-0.1, -0.05) is 25.5 Å². The van der Waals surface area contributed by atoms with Crippen molar-refractivity contribution in [1.82, 2.24) is 24.4 Å². The Labute approximate surface area is 172 Å². The van der Waals surface area contributed by atoms with Crippen molar-refractivity contribution in [3.63, 3.8) is 0 Å². The van der Waals surface area contributed by atoms with Crippen LogP contribution in [0.1, 0.15) is 49.0 Å². The maximum Gasteiger partial charge on any atom is 0.259 e. The van der Waals surface area contributed by atoms with Crippen LogP contribution in [-0.4, -0.2) is 63.0 Å². The van der Waals surface area contributed by atoms with E-state index in [0.29, 0.717) is 16.6 Å². The Morgan fingerprint density at radius 2 is 2.07 bits per heavy atom. The lowest BCUT2D eigenvalue weighted by Gasteiger charge is -2.57. The Kier molecular flexibility index (Phi) is 4.50. The number of aryl methyl sites for hydroxylation is 1. The molecule has 2 fully saturated rings. The van der Waals surface area contributed by atoms with Crippen molar-refractivity contribution in [3.05, 3.63) is 41.4 Å². The third-order valence-corrected chi connectivity index (χ3v) is 7.58. The zero-order chi connectivity index (χ0) is 20.2. The summed E-state index contributed by atoms with van der Waals surface area (Å²) in [7, 11) is 0. The predicted molar refractivity (Wildman–Crippen MR) is 113 cm³/mol. The molecule has 2 bridgehead atoms. The van der Waals surface area contributed by atoms with Crippen molar-refractivity contribution in [2.45, 2.75) is 40.0 Å². The molecule has 2 atom stereocenters. The fourth-order valence-corrected chi connectivity index (χ4v) is 5.54. The fraction of sp³-hybridized carbons (Fsp3) is 0.609. The van der Waals surface area contributed by atoms with Gasteiger partial charge in [0.15, 0.2) is 5.65 Å². The molecule has 2 aromatic rings. The minimum atomic E-state index is 0.0538. The van der Waals surface area contributed by atoms with Gasteiger partial charge in [0, 0.05) is 45.1 Å². The first-order chi connectivity index (χ1) is 13.9. The van der Waals surface area contributed by atoms with Crippen LogP contribution in [-0.2, 0) is 0 Å². The van der Waals surface area contributed by atoms with Crippen molar-refractivity contribution < 1.29 is 4.79 Å². The van der Waals surface area contributed by atoms with Gasteiger partial charge in [0.2, 0.25) is 0 Å². The van der Waals surface area contributed by atoms with E-state index in [1.807, 2.05) is 18.0 Å². The molecule has 6 nitrogen and oxygen atoms in total. The zero-order valence-corrected chi connectivity index (χ0v) is 17.8. The van der Waals surface area contributed by atoms with Gasteiger partial charge in [-0.25, -0.2) is 9.50 Å². The summed E-state index contributed by atoms with van der Waals surface area (Å²) in [6.45, 7) is 11.5. The number of hydrogen-bond donors (Lipinski definition) is 0. The normalized spacial score (nSPS) is 26.7. The number of amides is 1. The van der Waals surface area contributed by atoms with Crippen molar-refractivity contribution in [1.29, 1.82) is 0 Å². The molecule has 0 N–H and O–H groups in total. The molecule has 154 valence electrons. The van der Waals surface area contributed by atoms with Gasteiger partial charge in [0.05, 0.1) is 6.20 Å². The molecule has 29 heavy (non-hydrogen) atoms. The SMILES string of the molecule is Cc1cnc2c(C(=O)N3CCCN(CC4=CC[C@H]5C[C@@H]4C5(C)C)CC3)cnn2c1. The molecule has 4 aliphatic rings. The van der Waals surface area contributed by atoms with Crippen LogP contribution in [0, 0.1) is 24.2 Å². The second-order valence-electron chi connectivity index (χ2n) is 9.70. The van der Waals surface area contributed by atoms with E-state index in [1.54, 1.807) is 22.5 Å². The lowest BCUT2D eigenvalue weighted by molar-refractivity contribution is -0.0105.